The summed E-state index contributed by atoms with van der Waals surface area (Å²) in [6, 6.07) is 17.2. The van der Waals surface area contributed by atoms with Gasteiger partial charge in [0.25, 0.3) is 0 Å². The first-order valence-electron chi connectivity index (χ1n) is 31.8. The van der Waals surface area contributed by atoms with Crippen molar-refractivity contribution in [1.82, 2.24) is 18.9 Å². The van der Waals surface area contributed by atoms with Gasteiger partial charge < -0.3 is 86.1 Å². The molecule has 98 heavy (non-hydrogen) atoms. The van der Waals surface area contributed by atoms with Gasteiger partial charge in [0.15, 0.2) is 10.8 Å². The molecular weight excluding hydrogens is 1370 g/mol. The van der Waals surface area contributed by atoms with Gasteiger partial charge in [0.1, 0.15) is 34.3 Å². The monoisotopic (exact) mass is 1450 g/mol. The SMILES string of the molecule is CC(C)OP(=O)(OC(C)C)C(Cc1ccc(OC(=O)N2CCN(c3cc4c(cc3F)c(=O)c(C(=O)O)cn4C3CC3)CC2)cc1)P(=O)(OC(C)C)OC(C)C.O=C(O)c1cn(C2CC2)c2cc(N3CCN(C(=O)Oc4ccc(CC(P(=O)(O)O)P(=O)(O)O)cc4)CC3)c(F)cc2c1=O. The number of aromatic nitrogens is 2. The maximum atomic E-state index is 15.5. The highest BCUT2D eigenvalue weighted by molar-refractivity contribution is 7.72. The molecule has 0 radical (unpaired) electrons. The average Bonchev–Trinajstić information content (AvgIpc) is 1.39. The summed E-state index contributed by atoms with van der Waals surface area (Å²) in [5, 5.41) is 15.5. The number of halogens is 2. The Kier molecular flexibility index (Phi) is 23.2. The van der Waals surface area contributed by atoms with Crippen LogP contribution in [0, 0.1) is 11.6 Å². The predicted molar refractivity (Wildman–Crippen MR) is 358 cm³/mol. The highest BCUT2D eigenvalue weighted by Crippen LogP contribution is 2.73. The Labute approximate surface area is 562 Å². The van der Waals surface area contributed by atoms with E-state index in [4.69, 9.17) is 27.6 Å². The van der Waals surface area contributed by atoms with Crippen molar-refractivity contribution in [1.29, 1.82) is 0 Å². The lowest BCUT2D eigenvalue weighted by molar-refractivity contribution is 0.0684. The molecule has 6 aromatic rings. The number of anilines is 2. The fraction of sp³-hybridized carbons (Fsp3) is 0.469. The number of amides is 2. The van der Waals surface area contributed by atoms with Crippen LogP contribution in [0.5, 0.6) is 11.5 Å². The molecule has 34 heteroatoms. The number of ether oxygens (including phenoxy) is 2. The van der Waals surface area contributed by atoms with E-state index in [-0.39, 0.29) is 110 Å². The third-order valence-corrected chi connectivity index (χ3v) is 26.4. The Morgan fingerprint density at radius 1 is 0.480 bits per heavy atom. The molecule has 2 amide bonds. The molecule has 2 aromatic heterocycles. The van der Waals surface area contributed by atoms with Gasteiger partial charge in [-0.3, -0.25) is 27.8 Å². The Morgan fingerprint density at radius 3 is 1.06 bits per heavy atom. The maximum absolute atomic E-state index is 15.5. The Morgan fingerprint density at radius 2 is 0.786 bits per heavy atom. The normalized spacial score (nSPS) is 15.9. The number of pyridine rings is 2. The van der Waals surface area contributed by atoms with Crippen molar-refractivity contribution >= 4 is 87.7 Å². The van der Waals surface area contributed by atoms with Gasteiger partial charge in [-0.2, -0.15) is 0 Å². The largest absolute Gasteiger partial charge is 0.477 e. The van der Waals surface area contributed by atoms with Crippen LogP contribution in [0.15, 0.2) is 94.8 Å². The van der Waals surface area contributed by atoms with Crippen molar-refractivity contribution in [3.8, 4) is 11.5 Å². The second kappa shape index (κ2) is 30.4. The molecule has 0 atom stereocenters. The van der Waals surface area contributed by atoms with Gasteiger partial charge in [0.05, 0.1) is 46.8 Å². The van der Waals surface area contributed by atoms with Crippen LogP contribution in [0.1, 0.15) is 125 Å². The van der Waals surface area contributed by atoms with Crippen molar-refractivity contribution < 1.29 is 104 Å². The number of carbonyl (C=O) groups excluding carboxylic acids is 2. The summed E-state index contributed by atoms with van der Waals surface area (Å²) in [6.07, 6.45) is 1.92. The van der Waals surface area contributed by atoms with Crippen LogP contribution >= 0.6 is 30.4 Å². The number of hydrogen-bond donors (Lipinski definition) is 6. The topological polar surface area (TPSA) is 370 Å². The van der Waals surface area contributed by atoms with Gasteiger partial charge in [-0.15, -0.1) is 0 Å². The van der Waals surface area contributed by atoms with Crippen LogP contribution in [-0.4, -0.2) is 160 Å². The average molecular weight is 1450 g/mol. The third kappa shape index (κ3) is 18.1. The standard InChI is InChI=1S/C38H52FN3O11P2.C26H28FN3O11P2/c1-23(2)50-54(47,51-24(3)4)35(55(48,52-25(5)6)53-26(7)8)19-27-9-13-29(14-10-27)49-38(46)41-17-15-40(16-18-41)34-21-33-30(20-32(34)39)36(43)31(37(44)45)22-42(33)28-11-12-28;27-20-12-18-21(30(16-3-4-16)14-19(24(18)31)25(32)33)13-22(20)28-7-9-29(10-8-28)26(34)41-17-5-1-15(2-6-17)11-23(42(35,36)37)43(38,39)40/h9-10,13-14,20-26,28,35H,11-12,15-19H2,1-8H3,(H,44,45);1-2,5-6,12-14,16,23H,3-4,7-11H2,(H,32,33)(H2,35,36,37)(H2,38,39,40). The van der Waals surface area contributed by atoms with Crippen molar-refractivity contribution in [3.63, 3.8) is 0 Å². The lowest BCUT2D eigenvalue weighted by Crippen LogP contribution is -2.49. The zero-order valence-corrected chi connectivity index (χ0v) is 58.6. The molecule has 4 aromatic carbocycles. The number of benzene rings is 4. The molecule has 2 saturated heterocycles. The number of carboxylic acid groups (broad SMARTS) is 2. The molecule has 2 aliphatic heterocycles. The third-order valence-electron chi connectivity index (χ3n) is 16.3. The van der Waals surface area contributed by atoms with Gasteiger partial charge in [-0.05, 0) is 154 Å². The number of nitrogens with zero attached hydrogens (tertiary/aromatic N) is 6. The van der Waals surface area contributed by atoms with E-state index in [1.807, 2.05) is 0 Å². The summed E-state index contributed by atoms with van der Waals surface area (Å²) in [6.45, 7) is 15.5. The summed E-state index contributed by atoms with van der Waals surface area (Å²) in [5.41, 5.74) is -0.0974. The number of carboxylic acids is 2. The quantitative estimate of drug-likeness (QED) is 0.0307. The van der Waals surface area contributed by atoms with Gasteiger partial charge in [0.2, 0.25) is 10.9 Å². The van der Waals surface area contributed by atoms with Crippen LogP contribution in [0.25, 0.3) is 21.8 Å². The molecule has 10 rings (SSSR count). The fourth-order valence-electron chi connectivity index (χ4n) is 11.6. The molecule has 4 heterocycles. The first-order chi connectivity index (χ1) is 45.9. The van der Waals surface area contributed by atoms with E-state index < -0.39 is 130 Å². The highest BCUT2D eigenvalue weighted by atomic mass is 31.2. The molecule has 4 aliphatic rings. The molecule has 2 saturated carbocycles. The van der Waals surface area contributed by atoms with Crippen molar-refractivity contribution in [3.05, 3.63) is 140 Å². The first-order valence-corrected chi connectivity index (χ1v) is 38.4. The first kappa shape index (κ1) is 75.1. The van der Waals surface area contributed by atoms with E-state index in [0.29, 0.717) is 16.6 Å². The molecule has 0 spiro atoms. The van der Waals surface area contributed by atoms with Crippen LogP contribution in [0.2, 0.25) is 0 Å². The number of hydrogen-bond acceptors (Lipinski definition) is 18. The summed E-state index contributed by atoms with van der Waals surface area (Å²) >= 11 is 0. The molecule has 28 nitrogen and oxygen atoms in total. The van der Waals surface area contributed by atoms with E-state index in [1.165, 1.54) is 52.5 Å². The molecule has 0 unspecified atom stereocenters. The molecule has 2 aliphatic carbocycles. The number of piperazine rings is 2. The van der Waals surface area contributed by atoms with E-state index in [1.54, 1.807) is 105 Å². The van der Waals surface area contributed by atoms with Crippen LogP contribution in [0.3, 0.4) is 0 Å². The zero-order chi connectivity index (χ0) is 71.7. The number of aromatic carboxylic acids is 2. The number of fused-ring (bicyclic) bond motifs is 2. The van der Waals surface area contributed by atoms with E-state index >= 15 is 8.78 Å². The minimum Gasteiger partial charge on any atom is -0.477 e. The van der Waals surface area contributed by atoms with Gasteiger partial charge in [0, 0.05) is 87.6 Å². The molecular formula is C64H80F2N6O22P4. The summed E-state index contributed by atoms with van der Waals surface area (Å²) in [7, 11) is -18.4. The second-order valence-corrected chi connectivity index (χ2v) is 34.2. The van der Waals surface area contributed by atoms with E-state index in [2.05, 4.69) is 0 Å². The summed E-state index contributed by atoms with van der Waals surface area (Å²) in [4.78, 5) is 118. The van der Waals surface area contributed by atoms with E-state index in [0.717, 1.165) is 37.8 Å². The second-order valence-electron chi connectivity index (χ2n) is 25.5. The van der Waals surface area contributed by atoms with E-state index in [9.17, 15) is 76.8 Å². The summed E-state index contributed by atoms with van der Waals surface area (Å²) < 4.78 is 121. The Hall–Kier alpha value is -7.16. The van der Waals surface area contributed by atoms with Crippen molar-refractivity contribution in [2.24, 2.45) is 0 Å². The van der Waals surface area contributed by atoms with Gasteiger partial charge in [-0.1, -0.05) is 24.3 Å². The van der Waals surface area contributed by atoms with Gasteiger partial charge >= 0.3 is 54.5 Å². The minimum atomic E-state index is -5.09. The smallest absolute Gasteiger partial charge is 0.415 e. The molecule has 6 N–H and O–H groups in total. The Balaban J connectivity index is 0.000000236. The van der Waals surface area contributed by atoms with Crippen LogP contribution in [-0.2, 0) is 49.2 Å². The van der Waals surface area contributed by atoms with Gasteiger partial charge in [-0.25, -0.2) is 28.0 Å². The van der Waals surface area contributed by atoms with Crippen LogP contribution < -0.4 is 30.1 Å². The fourth-order valence-corrected chi connectivity index (χ4v) is 19.9. The molecule has 0 bridgehead atoms. The maximum Gasteiger partial charge on any atom is 0.415 e. The van der Waals surface area contributed by atoms with Crippen LogP contribution in [0.4, 0.5) is 29.7 Å². The Bertz CT molecular complexity index is 4220. The predicted octanol–water partition coefficient (Wildman–Crippen LogP) is 11.2. The lowest BCUT2D eigenvalue weighted by Gasteiger charge is -2.35. The lowest BCUT2D eigenvalue weighted by atomic mass is 10.1. The van der Waals surface area contributed by atoms with Crippen molar-refractivity contribution in [2.45, 2.75) is 141 Å². The zero-order valence-electron chi connectivity index (χ0n) is 55.0. The minimum absolute atomic E-state index is 0.0136. The number of carbonyl (C=O) groups is 4. The summed E-state index contributed by atoms with van der Waals surface area (Å²) in [5.74, 6) is -3.74. The highest BCUT2D eigenvalue weighted by Gasteiger charge is 2.53. The molecule has 4 fully saturated rings. The van der Waals surface area contributed by atoms with Crippen molar-refractivity contribution in [2.75, 3.05) is 62.2 Å². The molecule has 532 valence electrons. The number of rotatable bonds is 24.